The van der Waals surface area contributed by atoms with Gasteiger partial charge in [-0.25, -0.2) is 19.2 Å². The molecule has 0 saturated carbocycles. The molecule has 0 N–H and O–H groups in total. The number of cyclic esters (lactones) is 4. The molecular weight excluding hydrogens is 961 g/mol. The third kappa shape index (κ3) is 8.68. The molecule has 0 saturated heterocycles. The van der Waals surface area contributed by atoms with E-state index >= 15 is 0 Å². The molecule has 376 valence electrons. The lowest BCUT2D eigenvalue weighted by Gasteiger charge is -2.23. The van der Waals surface area contributed by atoms with E-state index < -0.39 is 23.9 Å². The van der Waals surface area contributed by atoms with Gasteiger partial charge in [0.2, 0.25) is 0 Å². The fraction of sp³-hybridized carbons (Fsp3) is 0.125. The molecule has 10 aromatic rings. The monoisotopic (exact) mass is 1010 g/mol. The molecular formula is C64H48O12. The molecule has 0 aromatic heterocycles. The number of ether oxygens (including phenoxy) is 8. The zero-order valence-electron chi connectivity index (χ0n) is 41.9. The highest BCUT2D eigenvalue weighted by Gasteiger charge is 2.29. The number of hydrogen-bond acceptors (Lipinski definition) is 12. The van der Waals surface area contributed by atoms with Crippen molar-refractivity contribution < 1.29 is 57.1 Å². The van der Waals surface area contributed by atoms with Gasteiger partial charge >= 0.3 is 23.9 Å². The van der Waals surface area contributed by atoms with Crippen LogP contribution >= 0.6 is 0 Å². The van der Waals surface area contributed by atoms with Gasteiger partial charge in [0, 0.05) is 44.5 Å². The second-order valence-corrected chi connectivity index (χ2v) is 18.1. The van der Waals surface area contributed by atoms with Gasteiger partial charge in [0.1, 0.15) is 49.4 Å². The Bertz CT molecular complexity index is 3470. The summed E-state index contributed by atoms with van der Waals surface area (Å²) in [5, 5.41) is 6.46. The Hall–Kier alpha value is -9.68. The maximum Gasteiger partial charge on any atom is 0.339 e. The van der Waals surface area contributed by atoms with Crippen LogP contribution in [0.15, 0.2) is 170 Å². The van der Waals surface area contributed by atoms with Crippen molar-refractivity contribution in [2.45, 2.75) is 26.4 Å². The molecule has 0 atom stereocenters. The maximum absolute atomic E-state index is 14.3. The molecule has 8 bridgehead atoms. The number of hydrogen-bond donors (Lipinski definition) is 0. The fourth-order valence-electron chi connectivity index (χ4n) is 10.5. The topological polar surface area (TPSA) is 142 Å². The molecule has 10 aromatic carbocycles. The average Bonchev–Trinajstić information content (AvgIpc) is 3.53. The number of benzene rings is 10. The Morgan fingerprint density at radius 2 is 0.487 bits per heavy atom. The van der Waals surface area contributed by atoms with E-state index in [1.165, 1.54) is 24.3 Å². The molecule has 1 aliphatic heterocycles. The molecule has 12 nitrogen and oxygen atoms in total. The Kier molecular flexibility index (Phi) is 13.2. The lowest BCUT2D eigenvalue weighted by Crippen LogP contribution is -2.15. The van der Waals surface area contributed by atoms with Crippen LogP contribution in [0, 0.1) is 0 Å². The molecule has 11 rings (SSSR count). The third-order valence-electron chi connectivity index (χ3n) is 13.8. The largest absolute Gasteiger partial charge is 0.496 e. The van der Waals surface area contributed by atoms with Crippen molar-refractivity contribution >= 4 is 67.0 Å². The maximum atomic E-state index is 14.3. The Balaban J connectivity index is 1.09. The third-order valence-corrected chi connectivity index (χ3v) is 13.8. The van der Waals surface area contributed by atoms with Crippen LogP contribution in [0.4, 0.5) is 0 Å². The first-order chi connectivity index (χ1) is 37.2. The molecule has 12 heteroatoms. The van der Waals surface area contributed by atoms with Crippen LogP contribution in [0.1, 0.15) is 63.7 Å². The highest BCUT2D eigenvalue weighted by molar-refractivity contribution is 6.13. The predicted octanol–water partition coefficient (Wildman–Crippen LogP) is 13.4. The number of fused-ring (bicyclic) bond motifs is 20. The van der Waals surface area contributed by atoms with Crippen LogP contribution in [0.25, 0.3) is 65.3 Å². The minimum Gasteiger partial charge on any atom is -0.496 e. The number of methoxy groups -OCH3 is 4. The van der Waals surface area contributed by atoms with E-state index in [0.717, 1.165) is 43.1 Å². The van der Waals surface area contributed by atoms with Crippen LogP contribution in [-0.2, 0) is 45.4 Å². The van der Waals surface area contributed by atoms with Crippen molar-refractivity contribution in [3.63, 3.8) is 0 Å². The van der Waals surface area contributed by atoms with Crippen molar-refractivity contribution in [1.29, 1.82) is 0 Å². The van der Waals surface area contributed by atoms with Crippen molar-refractivity contribution in [1.82, 2.24) is 0 Å². The Labute approximate surface area is 436 Å². The number of carbonyl (C=O) groups is 4. The molecule has 0 fully saturated rings. The predicted molar refractivity (Wildman–Crippen MR) is 289 cm³/mol. The van der Waals surface area contributed by atoms with Gasteiger partial charge in [-0.2, -0.15) is 0 Å². The van der Waals surface area contributed by atoms with Gasteiger partial charge in [-0.1, -0.05) is 121 Å². The summed E-state index contributed by atoms with van der Waals surface area (Å²) in [7, 11) is 6.16. The first-order valence-corrected chi connectivity index (χ1v) is 24.4. The van der Waals surface area contributed by atoms with E-state index in [-0.39, 0.29) is 48.7 Å². The molecule has 76 heavy (non-hydrogen) atoms. The van der Waals surface area contributed by atoms with E-state index in [0.29, 0.717) is 67.5 Å². The minimum absolute atomic E-state index is 0.00180. The highest BCUT2D eigenvalue weighted by atomic mass is 16.6. The van der Waals surface area contributed by atoms with Crippen molar-refractivity contribution in [2.24, 2.45) is 0 Å². The smallest absolute Gasteiger partial charge is 0.339 e. The van der Waals surface area contributed by atoms with E-state index in [4.69, 9.17) is 37.9 Å². The van der Waals surface area contributed by atoms with Crippen LogP contribution in [0.3, 0.4) is 0 Å². The molecule has 0 unspecified atom stereocenters. The fourth-order valence-corrected chi connectivity index (χ4v) is 10.5. The average molecular weight is 1010 g/mol. The zero-order chi connectivity index (χ0) is 52.5. The van der Waals surface area contributed by atoms with Gasteiger partial charge in [-0.15, -0.1) is 0 Å². The number of rotatable bonds is 4. The van der Waals surface area contributed by atoms with E-state index in [1.807, 2.05) is 121 Å². The van der Waals surface area contributed by atoms with Gasteiger partial charge in [-0.05, 0) is 91.6 Å². The van der Waals surface area contributed by atoms with E-state index in [1.54, 1.807) is 52.7 Å². The summed E-state index contributed by atoms with van der Waals surface area (Å²) in [5.74, 6) is -1.45. The van der Waals surface area contributed by atoms with Crippen LogP contribution in [-0.4, -0.2) is 52.3 Å². The summed E-state index contributed by atoms with van der Waals surface area (Å²) in [6, 6.07) is 51.2. The molecule has 0 radical (unpaired) electrons. The van der Waals surface area contributed by atoms with E-state index in [9.17, 15) is 19.2 Å². The Morgan fingerprint density at radius 3 is 0.697 bits per heavy atom. The van der Waals surface area contributed by atoms with Gasteiger partial charge in [0.05, 0.1) is 50.7 Å². The van der Waals surface area contributed by atoms with Gasteiger partial charge in [-0.3, -0.25) is 0 Å². The van der Waals surface area contributed by atoms with E-state index in [2.05, 4.69) is 0 Å². The van der Waals surface area contributed by atoms with Crippen LogP contribution < -0.4 is 18.9 Å². The summed E-state index contributed by atoms with van der Waals surface area (Å²) in [6.07, 6.45) is 0. The van der Waals surface area contributed by atoms with Gasteiger partial charge in [0.15, 0.2) is 0 Å². The van der Waals surface area contributed by atoms with Crippen molar-refractivity contribution in [3.05, 3.63) is 214 Å². The highest BCUT2D eigenvalue weighted by Crippen LogP contribution is 2.51. The van der Waals surface area contributed by atoms with Crippen LogP contribution in [0.5, 0.6) is 23.0 Å². The summed E-state index contributed by atoms with van der Waals surface area (Å²) in [6.45, 7) is -1.00. The Morgan fingerprint density at radius 1 is 0.289 bits per heavy atom. The summed E-state index contributed by atoms with van der Waals surface area (Å²) >= 11 is 0. The molecule has 0 amide bonds. The summed E-state index contributed by atoms with van der Waals surface area (Å²) < 4.78 is 49.4. The molecule has 0 aliphatic carbocycles. The zero-order valence-corrected chi connectivity index (χ0v) is 41.9. The number of esters is 4. The minimum atomic E-state index is -0.763. The van der Waals surface area contributed by atoms with Crippen LogP contribution in [0.2, 0.25) is 0 Å². The normalized spacial score (nSPS) is 13.3. The standard InChI is InChI=1S/C64H48O12/c1-69-57-41-29-37-17-5-9-21-45(37)53(57)54-46-22-10-6-18-38(46)30-42(58(54)70-2)34-74-63(67)51-27-15-16-28-52(51)64(68)76-36-44-32-40-20-8-12-24-48(40)56(60(44)72-4)55-47-23-11-7-19-39(47)31-43(59(55)71-3)35-75-62(66)50-26-14-13-25-49(50)61(65)73-33-41/h5-32H,33-36H2,1-4H3. The SMILES string of the molecule is COc1c2cc3ccccc3c1-c1c(OC)c(cc3ccccc13)COC(=O)c1ccccc1C(=O)OCc1cc3ccccc3c(c1OC)-c1c(OC)c(cc3ccccc13)COC(=O)c1ccccc1C(=O)OC2. The second-order valence-electron chi connectivity index (χ2n) is 18.1. The van der Waals surface area contributed by atoms with Crippen molar-refractivity contribution in [2.75, 3.05) is 28.4 Å². The molecule has 0 spiro atoms. The molecule has 1 heterocycles. The lowest BCUT2D eigenvalue weighted by atomic mass is 9.89. The lowest BCUT2D eigenvalue weighted by molar-refractivity contribution is 0.0422. The quantitative estimate of drug-likeness (QED) is 0.122. The molecule has 1 aliphatic rings. The van der Waals surface area contributed by atoms with Gasteiger partial charge < -0.3 is 37.9 Å². The summed E-state index contributed by atoms with van der Waals surface area (Å²) in [5.41, 5.74) is 4.66. The number of carbonyl (C=O) groups excluding carboxylic acids is 4. The van der Waals surface area contributed by atoms with Gasteiger partial charge in [0.25, 0.3) is 0 Å². The first kappa shape index (κ1) is 48.6. The first-order valence-electron chi connectivity index (χ1n) is 24.4. The van der Waals surface area contributed by atoms with Crippen molar-refractivity contribution in [3.8, 4) is 45.3 Å². The summed E-state index contributed by atoms with van der Waals surface area (Å²) in [4.78, 5) is 57.2. The second kappa shape index (κ2) is 20.7.